The molecule has 1 aliphatic rings. The Kier molecular flexibility index (Phi) is 8.39. The first-order valence-electron chi connectivity index (χ1n) is 7.32. The minimum Gasteiger partial charge on any atom is -0.494 e. The van der Waals surface area contributed by atoms with E-state index in [9.17, 15) is 9.59 Å². The minimum absolute atomic E-state index is 0. The average molecular weight is 344 g/mol. The molecule has 1 heterocycles. The number of ether oxygens (including phenoxy) is 2. The summed E-state index contributed by atoms with van der Waals surface area (Å²) in [7, 11) is 0. The Bertz CT molecular complexity index is 504. The molecule has 1 unspecified atom stereocenters. The van der Waals surface area contributed by atoms with Crippen molar-refractivity contribution in [2.24, 2.45) is 0 Å². The summed E-state index contributed by atoms with van der Waals surface area (Å²) in [4.78, 5) is 23.6. The summed E-state index contributed by atoms with van der Waals surface area (Å²) in [6.45, 7) is 4.11. The van der Waals surface area contributed by atoms with E-state index in [1.165, 1.54) is 0 Å². The lowest BCUT2D eigenvalue weighted by molar-refractivity contribution is -0.135. The first kappa shape index (κ1) is 19.2. The van der Waals surface area contributed by atoms with Gasteiger partial charge in [0, 0.05) is 18.8 Å². The molecule has 2 rings (SSSR count). The molecule has 0 saturated carbocycles. The molecule has 0 spiro atoms. The zero-order valence-corrected chi connectivity index (χ0v) is 13.8. The molecule has 8 heteroatoms. The lowest BCUT2D eigenvalue weighted by Gasteiger charge is -2.22. The topological polar surface area (TPSA) is 88.7 Å². The molecule has 1 saturated heterocycles. The van der Waals surface area contributed by atoms with Gasteiger partial charge in [-0.1, -0.05) is 0 Å². The summed E-state index contributed by atoms with van der Waals surface area (Å²) in [6, 6.07) is 7.05. The van der Waals surface area contributed by atoms with E-state index in [1.807, 2.05) is 6.92 Å². The number of halogens is 1. The van der Waals surface area contributed by atoms with Gasteiger partial charge in [-0.3, -0.25) is 9.59 Å². The van der Waals surface area contributed by atoms with Gasteiger partial charge in [-0.25, -0.2) is 0 Å². The van der Waals surface area contributed by atoms with Crippen molar-refractivity contribution in [3.05, 3.63) is 24.3 Å². The van der Waals surface area contributed by atoms with Crippen molar-refractivity contribution < 1.29 is 19.1 Å². The first-order valence-corrected chi connectivity index (χ1v) is 7.32. The lowest BCUT2D eigenvalue weighted by Crippen LogP contribution is -2.49. The standard InChI is InChI=1S/C15H21N3O4.ClH/c1-2-21-12-5-3-11(4-6-12)18-14(19)10-17-15(20)13-9-16-7-8-22-13;/h3-6,13,16H,2,7-10H2,1H3,(H,17,20)(H,18,19);1H. The van der Waals surface area contributed by atoms with E-state index < -0.39 is 6.10 Å². The molecular weight excluding hydrogens is 322 g/mol. The molecule has 1 atom stereocenters. The normalized spacial score (nSPS) is 16.8. The Morgan fingerprint density at radius 1 is 1.35 bits per heavy atom. The zero-order chi connectivity index (χ0) is 15.8. The largest absolute Gasteiger partial charge is 0.494 e. The lowest BCUT2D eigenvalue weighted by atomic mass is 10.3. The fourth-order valence-electron chi connectivity index (χ4n) is 2.02. The average Bonchev–Trinajstić information content (AvgIpc) is 2.55. The predicted octanol–water partition coefficient (Wildman–Crippen LogP) is 0.550. The van der Waals surface area contributed by atoms with E-state index in [0.29, 0.717) is 25.4 Å². The van der Waals surface area contributed by atoms with Crippen LogP contribution in [-0.2, 0) is 14.3 Å². The summed E-state index contributed by atoms with van der Waals surface area (Å²) in [5.41, 5.74) is 0.651. The second kappa shape index (κ2) is 10.0. The molecule has 3 N–H and O–H groups in total. The number of anilines is 1. The molecule has 1 aromatic carbocycles. The zero-order valence-electron chi connectivity index (χ0n) is 13.0. The van der Waals surface area contributed by atoms with Crippen molar-refractivity contribution in [3.8, 4) is 5.75 Å². The van der Waals surface area contributed by atoms with Crippen LogP contribution in [0.25, 0.3) is 0 Å². The predicted molar refractivity (Wildman–Crippen MR) is 89.1 cm³/mol. The van der Waals surface area contributed by atoms with Gasteiger partial charge in [-0.2, -0.15) is 0 Å². The Morgan fingerprint density at radius 3 is 2.70 bits per heavy atom. The fourth-order valence-corrected chi connectivity index (χ4v) is 2.02. The van der Waals surface area contributed by atoms with Crippen molar-refractivity contribution in [3.63, 3.8) is 0 Å². The molecule has 1 aliphatic heterocycles. The Labute approximate surface area is 141 Å². The van der Waals surface area contributed by atoms with Crippen LogP contribution in [0.1, 0.15) is 6.92 Å². The number of morpholine rings is 1. The van der Waals surface area contributed by atoms with Gasteiger partial charge in [0.05, 0.1) is 19.8 Å². The van der Waals surface area contributed by atoms with Crippen LogP contribution in [0.4, 0.5) is 5.69 Å². The van der Waals surface area contributed by atoms with Crippen molar-refractivity contribution in [1.29, 1.82) is 0 Å². The Hall–Kier alpha value is -1.83. The van der Waals surface area contributed by atoms with E-state index in [4.69, 9.17) is 9.47 Å². The van der Waals surface area contributed by atoms with Gasteiger partial charge in [0.15, 0.2) is 0 Å². The highest BCUT2D eigenvalue weighted by Crippen LogP contribution is 2.15. The number of hydrogen-bond acceptors (Lipinski definition) is 5. The number of nitrogens with one attached hydrogen (secondary N) is 3. The van der Waals surface area contributed by atoms with Gasteiger partial charge < -0.3 is 25.4 Å². The van der Waals surface area contributed by atoms with Crippen LogP contribution in [0.15, 0.2) is 24.3 Å². The monoisotopic (exact) mass is 343 g/mol. The molecule has 7 nitrogen and oxygen atoms in total. The quantitative estimate of drug-likeness (QED) is 0.702. The third kappa shape index (κ3) is 6.43. The third-order valence-corrected chi connectivity index (χ3v) is 3.09. The summed E-state index contributed by atoms with van der Waals surface area (Å²) in [6.07, 6.45) is -0.535. The number of carbonyl (C=O) groups is 2. The van der Waals surface area contributed by atoms with E-state index in [0.717, 1.165) is 12.3 Å². The summed E-state index contributed by atoms with van der Waals surface area (Å²) in [5.74, 6) is 0.172. The third-order valence-electron chi connectivity index (χ3n) is 3.09. The van der Waals surface area contributed by atoms with Crippen LogP contribution in [0.3, 0.4) is 0 Å². The van der Waals surface area contributed by atoms with E-state index in [-0.39, 0.29) is 30.8 Å². The molecule has 1 aromatic rings. The van der Waals surface area contributed by atoms with Crippen LogP contribution < -0.4 is 20.7 Å². The molecule has 0 bridgehead atoms. The second-order valence-electron chi connectivity index (χ2n) is 4.79. The smallest absolute Gasteiger partial charge is 0.250 e. The first-order chi connectivity index (χ1) is 10.7. The molecule has 23 heavy (non-hydrogen) atoms. The second-order valence-corrected chi connectivity index (χ2v) is 4.79. The van der Waals surface area contributed by atoms with Gasteiger partial charge in [-0.15, -0.1) is 12.4 Å². The number of carbonyl (C=O) groups excluding carboxylic acids is 2. The Balaban J connectivity index is 0.00000264. The molecule has 0 aromatic heterocycles. The SMILES string of the molecule is CCOc1ccc(NC(=O)CNC(=O)C2CNCCO2)cc1.Cl. The number of amides is 2. The van der Waals surface area contributed by atoms with E-state index >= 15 is 0 Å². The maximum atomic E-state index is 11.8. The van der Waals surface area contributed by atoms with Crippen molar-refractivity contribution in [2.75, 3.05) is 38.2 Å². The molecular formula is C15H22ClN3O4. The maximum absolute atomic E-state index is 11.8. The van der Waals surface area contributed by atoms with Crippen molar-refractivity contribution >= 4 is 29.9 Å². The summed E-state index contributed by atoms with van der Waals surface area (Å²) < 4.78 is 10.6. The van der Waals surface area contributed by atoms with Crippen LogP contribution >= 0.6 is 12.4 Å². The van der Waals surface area contributed by atoms with Gasteiger partial charge >= 0.3 is 0 Å². The Morgan fingerprint density at radius 2 is 2.09 bits per heavy atom. The molecule has 2 amide bonds. The summed E-state index contributed by atoms with van der Waals surface area (Å²) >= 11 is 0. The number of rotatable bonds is 6. The van der Waals surface area contributed by atoms with Crippen LogP contribution in [0.5, 0.6) is 5.75 Å². The number of hydrogen-bond donors (Lipinski definition) is 3. The van der Waals surface area contributed by atoms with Gasteiger partial charge in [-0.05, 0) is 31.2 Å². The highest BCUT2D eigenvalue weighted by molar-refractivity contribution is 5.95. The van der Waals surface area contributed by atoms with Crippen LogP contribution in [0.2, 0.25) is 0 Å². The molecule has 1 fully saturated rings. The molecule has 0 aliphatic carbocycles. The molecule has 0 radical (unpaired) electrons. The van der Waals surface area contributed by atoms with Gasteiger partial charge in [0.25, 0.3) is 5.91 Å². The fraction of sp³-hybridized carbons (Fsp3) is 0.467. The van der Waals surface area contributed by atoms with Crippen molar-refractivity contribution in [2.45, 2.75) is 13.0 Å². The minimum atomic E-state index is -0.535. The van der Waals surface area contributed by atoms with Gasteiger partial charge in [0.1, 0.15) is 11.9 Å². The maximum Gasteiger partial charge on any atom is 0.250 e. The highest BCUT2D eigenvalue weighted by Gasteiger charge is 2.21. The van der Waals surface area contributed by atoms with Gasteiger partial charge in [0.2, 0.25) is 5.91 Å². The van der Waals surface area contributed by atoms with Crippen molar-refractivity contribution in [1.82, 2.24) is 10.6 Å². The molecule has 128 valence electrons. The van der Waals surface area contributed by atoms with E-state index in [1.54, 1.807) is 24.3 Å². The van der Waals surface area contributed by atoms with Crippen LogP contribution in [0, 0.1) is 0 Å². The number of benzene rings is 1. The van der Waals surface area contributed by atoms with E-state index in [2.05, 4.69) is 16.0 Å². The summed E-state index contributed by atoms with van der Waals surface area (Å²) in [5, 5.41) is 8.33. The van der Waals surface area contributed by atoms with Crippen LogP contribution in [-0.4, -0.2) is 50.8 Å². The highest BCUT2D eigenvalue weighted by atomic mass is 35.5.